The van der Waals surface area contributed by atoms with Crippen LogP contribution in [0.5, 0.6) is 5.88 Å². The normalized spacial score (nSPS) is 21.4. The van der Waals surface area contributed by atoms with Gasteiger partial charge in [-0.1, -0.05) is 27.7 Å². The van der Waals surface area contributed by atoms with Crippen LogP contribution in [0.3, 0.4) is 0 Å². The standard InChI is InChI=1S/C15H26N4O/c1-14(2)7-10(8-15(3,4)9-14)17-11-6-12(20-5)19-13(16)18-11/h6,10H,7-9H2,1-5H3,(H3,16,17,18,19). The summed E-state index contributed by atoms with van der Waals surface area (Å²) in [6, 6.07) is 2.19. The van der Waals surface area contributed by atoms with E-state index >= 15 is 0 Å². The van der Waals surface area contributed by atoms with Gasteiger partial charge in [0.15, 0.2) is 0 Å². The van der Waals surface area contributed by atoms with Gasteiger partial charge in [0, 0.05) is 12.1 Å². The van der Waals surface area contributed by atoms with E-state index in [1.54, 1.807) is 13.2 Å². The fourth-order valence-corrected chi connectivity index (χ4v) is 3.78. The molecule has 0 saturated heterocycles. The first-order valence-corrected chi connectivity index (χ1v) is 7.14. The van der Waals surface area contributed by atoms with Crippen molar-refractivity contribution in [3.8, 4) is 5.88 Å². The summed E-state index contributed by atoms with van der Waals surface area (Å²) < 4.78 is 5.14. The van der Waals surface area contributed by atoms with Crippen molar-refractivity contribution in [1.82, 2.24) is 9.97 Å². The van der Waals surface area contributed by atoms with Gasteiger partial charge in [-0.2, -0.15) is 9.97 Å². The minimum Gasteiger partial charge on any atom is -0.481 e. The van der Waals surface area contributed by atoms with E-state index in [4.69, 9.17) is 10.5 Å². The Kier molecular flexibility index (Phi) is 3.80. The molecule has 0 amide bonds. The molecule has 0 aliphatic heterocycles. The maximum atomic E-state index is 5.70. The molecule has 1 aromatic rings. The number of aromatic nitrogens is 2. The summed E-state index contributed by atoms with van der Waals surface area (Å²) in [5.41, 5.74) is 6.38. The van der Waals surface area contributed by atoms with Gasteiger partial charge in [0.25, 0.3) is 0 Å². The molecule has 0 atom stereocenters. The van der Waals surface area contributed by atoms with Gasteiger partial charge in [-0.25, -0.2) is 0 Å². The number of nitrogen functional groups attached to an aromatic ring is 1. The molecule has 5 heteroatoms. The largest absolute Gasteiger partial charge is 0.481 e. The average Bonchev–Trinajstić information content (AvgIpc) is 2.23. The van der Waals surface area contributed by atoms with E-state index in [1.807, 2.05) is 0 Å². The van der Waals surface area contributed by atoms with Crippen LogP contribution in [-0.4, -0.2) is 23.1 Å². The van der Waals surface area contributed by atoms with Gasteiger partial charge in [0.2, 0.25) is 11.8 Å². The minimum atomic E-state index is 0.237. The fraction of sp³-hybridized carbons (Fsp3) is 0.733. The van der Waals surface area contributed by atoms with E-state index in [2.05, 4.69) is 43.0 Å². The number of hydrogen-bond acceptors (Lipinski definition) is 5. The van der Waals surface area contributed by atoms with E-state index in [9.17, 15) is 0 Å². The molecule has 1 saturated carbocycles. The summed E-state index contributed by atoms with van der Waals surface area (Å²) in [5, 5.41) is 3.50. The molecule has 1 fully saturated rings. The van der Waals surface area contributed by atoms with Crippen LogP contribution in [0.15, 0.2) is 6.07 Å². The van der Waals surface area contributed by atoms with Crippen molar-refractivity contribution in [3.05, 3.63) is 6.07 Å². The average molecular weight is 278 g/mol. The highest BCUT2D eigenvalue weighted by Gasteiger charge is 2.38. The Bertz CT molecular complexity index is 469. The highest BCUT2D eigenvalue weighted by atomic mass is 16.5. The van der Waals surface area contributed by atoms with Crippen molar-refractivity contribution in [2.24, 2.45) is 10.8 Å². The lowest BCUT2D eigenvalue weighted by atomic mass is 9.63. The molecule has 1 aliphatic carbocycles. The number of ether oxygens (including phenoxy) is 1. The van der Waals surface area contributed by atoms with E-state index in [-0.39, 0.29) is 5.95 Å². The lowest BCUT2D eigenvalue weighted by Crippen LogP contribution is -2.40. The van der Waals surface area contributed by atoms with E-state index in [0.717, 1.165) is 18.7 Å². The predicted molar refractivity (Wildman–Crippen MR) is 81.8 cm³/mol. The van der Waals surface area contributed by atoms with Crippen LogP contribution in [0.25, 0.3) is 0 Å². The third-order valence-corrected chi connectivity index (χ3v) is 3.84. The zero-order valence-corrected chi connectivity index (χ0v) is 13.2. The van der Waals surface area contributed by atoms with Gasteiger partial charge in [0.05, 0.1) is 7.11 Å². The van der Waals surface area contributed by atoms with Gasteiger partial charge < -0.3 is 15.8 Å². The number of anilines is 2. The number of methoxy groups -OCH3 is 1. The van der Waals surface area contributed by atoms with E-state index < -0.39 is 0 Å². The van der Waals surface area contributed by atoms with Gasteiger partial charge >= 0.3 is 0 Å². The third-order valence-electron chi connectivity index (χ3n) is 3.84. The molecule has 0 unspecified atom stereocenters. The molecule has 1 heterocycles. The summed E-state index contributed by atoms with van der Waals surface area (Å²) in [6.45, 7) is 9.32. The third kappa shape index (κ3) is 3.74. The molecular weight excluding hydrogens is 252 g/mol. The maximum absolute atomic E-state index is 5.70. The molecular formula is C15H26N4O. The van der Waals surface area contributed by atoms with Gasteiger partial charge in [-0.3, -0.25) is 0 Å². The van der Waals surface area contributed by atoms with Crippen molar-refractivity contribution in [1.29, 1.82) is 0 Å². The number of rotatable bonds is 3. The molecule has 2 rings (SSSR count). The molecule has 0 aromatic carbocycles. The van der Waals surface area contributed by atoms with Crippen molar-refractivity contribution >= 4 is 11.8 Å². The Balaban J connectivity index is 2.15. The maximum Gasteiger partial charge on any atom is 0.225 e. The monoisotopic (exact) mass is 278 g/mol. The molecule has 1 aromatic heterocycles. The highest BCUT2D eigenvalue weighted by Crippen LogP contribution is 2.46. The molecule has 112 valence electrons. The second-order valence-electron chi connectivity index (χ2n) is 7.41. The molecule has 5 nitrogen and oxygen atoms in total. The quantitative estimate of drug-likeness (QED) is 0.889. The van der Waals surface area contributed by atoms with Crippen LogP contribution in [0.1, 0.15) is 47.0 Å². The zero-order chi connectivity index (χ0) is 15.0. The van der Waals surface area contributed by atoms with Crippen LogP contribution in [0.2, 0.25) is 0 Å². The first kappa shape index (κ1) is 14.9. The zero-order valence-electron chi connectivity index (χ0n) is 13.2. The van der Waals surface area contributed by atoms with Gasteiger partial charge in [-0.05, 0) is 30.1 Å². The van der Waals surface area contributed by atoms with Crippen LogP contribution in [0, 0.1) is 10.8 Å². The summed E-state index contributed by atoms with van der Waals surface area (Å²) in [7, 11) is 1.58. The van der Waals surface area contributed by atoms with Crippen molar-refractivity contribution in [2.45, 2.75) is 53.0 Å². The van der Waals surface area contributed by atoms with Crippen molar-refractivity contribution in [3.63, 3.8) is 0 Å². The smallest absolute Gasteiger partial charge is 0.225 e. The Morgan fingerprint density at radius 2 is 1.80 bits per heavy atom. The van der Waals surface area contributed by atoms with Crippen LogP contribution in [0.4, 0.5) is 11.8 Å². The Hall–Kier alpha value is -1.52. The van der Waals surface area contributed by atoms with E-state index in [1.165, 1.54) is 6.42 Å². The molecule has 0 radical (unpaired) electrons. The number of nitrogens with one attached hydrogen (secondary N) is 1. The van der Waals surface area contributed by atoms with E-state index in [0.29, 0.717) is 22.8 Å². The molecule has 0 spiro atoms. The predicted octanol–water partition coefficient (Wildman–Crippen LogP) is 3.08. The molecule has 20 heavy (non-hydrogen) atoms. The van der Waals surface area contributed by atoms with Crippen molar-refractivity contribution < 1.29 is 4.74 Å². The second-order valence-corrected chi connectivity index (χ2v) is 7.41. The SMILES string of the molecule is COc1cc(NC2CC(C)(C)CC(C)(C)C2)nc(N)n1. The van der Waals surface area contributed by atoms with Crippen molar-refractivity contribution in [2.75, 3.05) is 18.2 Å². The summed E-state index contributed by atoms with van der Waals surface area (Å²) in [4.78, 5) is 8.25. The summed E-state index contributed by atoms with van der Waals surface area (Å²) in [6.07, 6.45) is 3.50. The minimum absolute atomic E-state index is 0.237. The fourth-order valence-electron chi connectivity index (χ4n) is 3.78. The number of nitrogens with zero attached hydrogens (tertiary/aromatic N) is 2. The lowest BCUT2D eigenvalue weighted by molar-refractivity contribution is 0.105. The van der Waals surface area contributed by atoms with Gasteiger partial charge in [0.1, 0.15) is 5.82 Å². The molecule has 3 N–H and O–H groups in total. The Labute approximate surface area is 121 Å². The Morgan fingerprint density at radius 3 is 2.35 bits per heavy atom. The second kappa shape index (κ2) is 5.11. The number of hydrogen-bond donors (Lipinski definition) is 2. The first-order valence-electron chi connectivity index (χ1n) is 7.14. The van der Waals surface area contributed by atoms with Crippen LogP contribution in [-0.2, 0) is 0 Å². The first-order chi connectivity index (χ1) is 9.19. The van der Waals surface area contributed by atoms with Crippen LogP contribution >= 0.6 is 0 Å². The molecule has 1 aliphatic rings. The lowest BCUT2D eigenvalue weighted by Gasteiger charge is -2.45. The van der Waals surface area contributed by atoms with Gasteiger partial charge in [-0.15, -0.1) is 0 Å². The highest BCUT2D eigenvalue weighted by molar-refractivity contribution is 5.43. The van der Waals surface area contributed by atoms with Crippen LogP contribution < -0.4 is 15.8 Å². The topological polar surface area (TPSA) is 73.1 Å². The summed E-state index contributed by atoms with van der Waals surface area (Å²) in [5.74, 6) is 1.48. The molecule has 0 bridgehead atoms. The summed E-state index contributed by atoms with van der Waals surface area (Å²) >= 11 is 0. The Morgan fingerprint density at radius 1 is 1.20 bits per heavy atom. The number of nitrogens with two attached hydrogens (primary N) is 1.